The number of nitrogens with zero attached hydrogens (tertiary/aromatic N) is 4. The first-order valence-electron chi connectivity index (χ1n) is 7.16. The van der Waals surface area contributed by atoms with Crippen molar-refractivity contribution in [2.24, 2.45) is 0 Å². The summed E-state index contributed by atoms with van der Waals surface area (Å²) < 4.78 is 3.55. The molecule has 2 aromatic rings. The smallest absolute Gasteiger partial charge is 0.279 e. The van der Waals surface area contributed by atoms with E-state index in [-0.39, 0.29) is 5.56 Å². The van der Waals surface area contributed by atoms with E-state index < -0.39 is 0 Å². The monoisotopic (exact) mass is 340 g/mol. The van der Waals surface area contributed by atoms with Gasteiger partial charge in [-0.2, -0.15) is 5.10 Å². The highest BCUT2D eigenvalue weighted by molar-refractivity contribution is 9.09. The van der Waals surface area contributed by atoms with Crippen molar-refractivity contribution in [3.05, 3.63) is 21.9 Å². The Kier molecular flexibility index (Phi) is 4.96. The minimum absolute atomic E-state index is 0.0325. The van der Waals surface area contributed by atoms with E-state index in [0.29, 0.717) is 18.6 Å². The average Bonchev–Trinajstić information content (AvgIpc) is 2.77. The fraction of sp³-hybridized carbons (Fsp3) is 0.643. The second-order valence-electron chi connectivity index (χ2n) is 4.87. The summed E-state index contributed by atoms with van der Waals surface area (Å²) in [4.78, 5) is 17.3. The predicted octanol–water partition coefficient (Wildman–Crippen LogP) is 2.66. The molecule has 110 valence electrons. The average molecular weight is 341 g/mol. The maximum atomic E-state index is 12.7. The topological polar surface area (TPSA) is 52.7 Å². The van der Waals surface area contributed by atoms with E-state index in [1.807, 2.05) is 13.8 Å². The standard InChI is InChI=1S/C14H21BrN4O/c1-4-7-11-12-13(19(5-2)17-11)14(20)18(9-6-8-15)10(3)16-12/h4-9H2,1-3H3. The number of halogens is 1. The van der Waals surface area contributed by atoms with Gasteiger partial charge in [0.25, 0.3) is 5.56 Å². The SMILES string of the molecule is CCCc1nn(CC)c2c(=O)n(CCCBr)c(C)nc12. The molecule has 0 fully saturated rings. The van der Waals surface area contributed by atoms with Gasteiger partial charge in [-0.05, 0) is 26.7 Å². The van der Waals surface area contributed by atoms with Gasteiger partial charge in [0.15, 0.2) is 5.52 Å². The zero-order chi connectivity index (χ0) is 14.7. The first-order valence-corrected chi connectivity index (χ1v) is 8.28. The van der Waals surface area contributed by atoms with E-state index in [1.54, 1.807) is 9.25 Å². The van der Waals surface area contributed by atoms with E-state index in [2.05, 4.69) is 32.9 Å². The molecule has 0 aliphatic carbocycles. The van der Waals surface area contributed by atoms with Crippen molar-refractivity contribution in [1.29, 1.82) is 0 Å². The molecule has 5 nitrogen and oxygen atoms in total. The Bertz CT molecular complexity index is 659. The normalized spacial score (nSPS) is 11.4. The molecule has 0 bridgehead atoms. The second-order valence-corrected chi connectivity index (χ2v) is 5.66. The first kappa shape index (κ1) is 15.2. The first-order chi connectivity index (χ1) is 9.63. The predicted molar refractivity (Wildman–Crippen MR) is 84.6 cm³/mol. The van der Waals surface area contributed by atoms with Crippen molar-refractivity contribution in [1.82, 2.24) is 19.3 Å². The summed E-state index contributed by atoms with van der Waals surface area (Å²) in [7, 11) is 0. The molecular weight excluding hydrogens is 320 g/mol. The van der Waals surface area contributed by atoms with Crippen LogP contribution in [-0.4, -0.2) is 24.7 Å². The van der Waals surface area contributed by atoms with Gasteiger partial charge in [0.1, 0.15) is 11.3 Å². The lowest BCUT2D eigenvalue weighted by atomic mass is 10.2. The van der Waals surface area contributed by atoms with Crippen molar-refractivity contribution >= 4 is 27.0 Å². The molecular formula is C14H21BrN4O. The Morgan fingerprint density at radius 2 is 2.05 bits per heavy atom. The molecule has 20 heavy (non-hydrogen) atoms. The number of aryl methyl sites for hydroxylation is 3. The largest absolute Gasteiger partial charge is 0.295 e. The van der Waals surface area contributed by atoms with Gasteiger partial charge in [0.2, 0.25) is 0 Å². The number of alkyl halides is 1. The number of hydrogen-bond donors (Lipinski definition) is 0. The van der Waals surface area contributed by atoms with Gasteiger partial charge in [-0.15, -0.1) is 0 Å². The van der Waals surface area contributed by atoms with Crippen LogP contribution in [0, 0.1) is 6.92 Å². The van der Waals surface area contributed by atoms with E-state index in [4.69, 9.17) is 0 Å². The lowest BCUT2D eigenvalue weighted by Gasteiger charge is -2.09. The molecule has 0 aliphatic heterocycles. The van der Waals surface area contributed by atoms with E-state index >= 15 is 0 Å². The van der Waals surface area contributed by atoms with Crippen LogP contribution in [0.3, 0.4) is 0 Å². The highest BCUT2D eigenvalue weighted by atomic mass is 79.9. The number of hydrogen-bond acceptors (Lipinski definition) is 3. The molecule has 0 saturated carbocycles. The fourth-order valence-electron chi connectivity index (χ4n) is 2.44. The summed E-state index contributed by atoms with van der Waals surface area (Å²) >= 11 is 3.41. The molecule has 0 amide bonds. The Balaban J connectivity index is 2.67. The van der Waals surface area contributed by atoms with Crippen LogP contribution in [-0.2, 0) is 19.5 Å². The molecule has 0 N–H and O–H groups in total. The molecule has 0 saturated heterocycles. The van der Waals surface area contributed by atoms with Gasteiger partial charge in [-0.25, -0.2) is 4.98 Å². The summed E-state index contributed by atoms with van der Waals surface area (Å²) in [6, 6.07) is 0. The summed E-state index contributed by atoms with van der Waals surface area (Å²) in [6.07, 6.45) is 2.78. The lowest BCUT2D eigenvalue weighted by molar-refractivity contribution is 0.618. The number of fused-ring (bicyclic) bond motifs is 1. The van der Waals surface area contributed by atoms with Crippen molar-refractivity contribution in [2.75, 3.05) is 5.33 Å². The van der Waals surface area contributed by atoms with Gasteiger partial charge in [0.05, 0.1) is 5.69 Å². The van der Waals surface area contributed by atoms with Crippen molar-refractivity contribution in [3.8, 4) is 0 Å². The van der Waals surface area contributed by atoms with Gasteiger partial charge < -0.3 is 0 Å². The van der Waals surface area contributed by atoms with Crippen molar-refractivity contribution in [3.63, 3.8) is 0 Å². The van der Waals surface area contributed by atoms with Gasteiger partial charge in [-0.1, -0.05) is 29.3 Å². The molecule has 2 aromatic heterocycles. The van der Waals surface area contributed by atoms with E-state index in [9.17, 15) is 4.79 Å². The third-order valence-corrected chi connectivity index (χ3v) is 3.97. The van der Waals surface area contributed by atoms with Crippen LogP contribution in [0.25, 0.3) is 11.0 Å². The number of aromatic nitrogens is 4. The van der Waals surface area contributed by atoms with Gasteiger partial charge in [-0.3, -0.25) is 14.0 Å². The molecule has 0 spiro atoms. The van der Waals surface area contributed by atoms with E-state index in [1.165, 1.54) is 0 Å². The molecule has 0 radical (unpaired) electrons. The van der Waals surface area contributed by atoms with Crippen LogP contribution in [0.4, 0.5) is 0 Å². The van der Waals surface area contributed by atoms with Crippen LogP contribution >= 0.6 is 15.9 Å². The Hall–Kier alpha value is -1.17. The molecule has 0 aliphatic rings. The van der Waals surface area contributed by atoms with Crippen LogP contribution in [0.5, 0.6) is 0 Å². The maximum absolute atomic E-state index is 12.7. The zero-order valence-corrected chi connectivity index (χ0v) is 13.9. The van der Waals surface area contributed by atoms with Gasteiger partial charge in [0, 0.05) is 18.4 Å². The third-order valence-electron chi connectivity index (χ3n) is 3.41. The molecule has 2 rings (SSSR count). The minimum Gasteiger partial charge on any atom is -0.295 e. The second kappa shape index (κ2) is 6.52. The number of rotatable bonds is 6. The Labute approximate surface area is 127 Å². The summed E-state index contributed by atoms with van der Waals surface area (Å²) in [5, 5.41) is 5.43. The zero-order valence-electron chi connectivity index (χ0n) is 12.3. The quantitative estimate of drug-likeness (QED) is 0.759. The van der Waals surface area contributed by atoms with Crippen molar-refractivity contribution in [2.45, 2.75) is 53.1 Å². The molecule has 0 atom stereocenters. The molecule has 6 heteroatoms. The highest BCUT2D eigenvalue weighted by Crippen LogP contribution is 2.15. The Morgan fingerprint density at radius 1 is 1.30 bits per heavy atom. The summed E-state index contributed by atoms with van der Waals surface area (Å²) in [6.45, 7) is 7.40. The third kappa shape index (κ3) is 2.66. The van der Waals surface area contributed by atoms with E-state index in [0.717, 1.165) is 41.6 Å². The van der Waals surface area contributed by atoms with Crippen LogP contribution < -0.4 is 5.56 Å². The van der Waals surface area contributed by atoms with Gasteiger partial charge >= 0.3 is 0 Å². The van der Waals surface area contributed by atoms with Crippen LogP contribution in [0.1, 0.15) is 38.2 Å². The van der Waals surface area contributed by atoms with Crippen molar-refractivity contribution < 1.29 is 0 Å². The highest BCUT2D eigenvalue weighted by Gasteiger charge is 2.17. The molecule has 2 heterocycles. The van der Waals surface area contributed by atoms with Crippen LogP contribution in [0.15, 0.2) is 4.79 Å². The molecule has 0 unspecified atom stereocenters. The minimum atomic E-state index is 0.0325. The molecule has 0 aromatic carbocycles. The lowest BCUT2D eigenvalue weighted by Crippen LogP contribution is -2.25. The Morgan fingerprint density at radius 3 is 2.65 bits per heavy atom. The van der Waals surface area contributed by atoms with Crippen LogP contribution in [0.2, 0.25) is 0 Å². The summed E-state index contributed by atoms with van der Waals surface area (Å²) in [5.41, 5.74) is 2.41. The fourth-order valence-corrected chi connectivity index (χ4v) is 2.69. The maximum Gasteiger partial charge on any atom is 0.279 e. The summed E-state index contributed by atoms with van der Waals surface area (Å²) in [5.74, 6) is 0.774.